The fourth-order valence-electron chi connectivity index (χ4n) is 4.09. The van der Waals surface area contributed by atoms with Gasteiger partial charge in [0.15, 0.2) is 11.6 Å². The van der Waals surface area contributed by atoms with Gasteiger partial charge in [-0.3, -0.25) is 4.79 Å². The van der Waals surface area contributed by atoms with Crippen LogP contribution < -0.4 is 4.74 Å². The van der Waals surface area contributed by atoms with Crippen LogP contribution in [0.25, 0.3) is 5.57 Å². The van der Waals surface area contributed by atoms with E-state index in [2.05, 4.69) is 19.9 Å². The molecular formula is C28H26ClFO3. The van der Waals surface area contributed by atoms with Crippen LogP contribution in [-0.4, -0.2) is 5.97 Å². The summed E-state index contributed by atoms with van der Waals surface area (Å²) >= 11 is 5.98. The quantitative estimate of drug-likeness (QED) is 0.336. The lowest BCUT2D eigenvalue weighted by molar-refractivity contribution is -0.147. The topological polar surface area (TPSA) is 35.5 Å². The Morgan fingerprint density at radius 3 is 2.45 bits per heavy atom. The molecule has 0 aliphatic heterocycles. The van der Waals surface area contributed by atoms with Crippen molar-refractivity contribution in [3.05, 3.63) is 101 Å². The first-order chi connectivity index (χ1) is 15.8. The van der Waals surface area contributed by atoms with E-state index in [4.69, 9.17) is 21.1 Å². The van der Waals surface area contributed by atoms with E-state index >= 15 is 0 Å². The molecule has 4 rings (SSSR count). The van der Waals surface area contributed by atoms with Gasteiger partial charge in [-0.25, -0.2) is 4.39 Å². The van der Waals surface area contributed by atoms with Crippen molar-refractivity contribution >= 4 is 23.1 Å². The Labute approximate surface area is 198 Å². The smallest absolute Gasteiger partial charge is 0.310 e. The molecule has 2 atom stereocenters. The van der Waals surface area contributed by atoms with Crippen LogP contribution in [0.4, 0.5) is 4.39 Å². The van der Waals surface area contributed by atoms with Crippen LogP contribution in [0.2, 0.25) is 5.02 Å². The van der Waals surface area contributed by atoms with E-state index < -0.39 is 5.82 Å². The maximum Gasteiger partial charge on any atom is 0.310 e. The molecule has 3 nitrogen and oxygen atoms in total. The largest absolute Gasteiger partial charge is 0.461 e. The highest BCUT2D eigenvalue weighted by Crippen LogP contribution is 2.60. The molecular weight excluding hydrogens is 439 g/mol. The molecule has 33 heavy (non-hydrogen) atoms. The van der Waals surface area contributed by atoms with Crippen molar-refractivity contribution in [2.75, 3.05) is 0 Å². The summed E-state index contributed by atoms with van der Waals surface area (Å²) in [6, 6.07) is 21.1. The summed E-state index contributed by atoms with van der Waals surface area (Å²) in [5.74, 6) is -0.219. The molecule has 0 heterocycles. The van der Waals surface area contributed by atoms with Crippen molar-refractivity contribution in [1.82, 2.24) is 0 Å². The summed E-state index contributed by atoms with van der Waals surface area (Å²) in [5, 5.41) is 0.692. The lowest BCUT2D eigenvalue weighted by Crippen LogP contribution is -2.10. The molecule has 170 valence electrons. The van der Waals surface area contributed by atoms with E-state index in [1.54, 1.807) is 24.3 Å². The highest BCUT2D eigenvalue weighted by Gasteiger charge is 2.61. The molecule has 0 aromatic heterocycles. The van der Waals surface area contributed by atoms with Crippen molar-refractivity contribution in [2.45, 2.75) is 27.4 Å². The van der Waals surface area contributed by atoms with Gasteiger partial charge >= 0.3 is 5.97 Å². The zero-order valence-electron chi connectivity index (χ0n) is 18.8. The van der Waals surface area contributed by atoms with Gasteiger partial charge in [-0.1, -0.05) is 67.9 Å². The normalized spacial score (nSPS) is 19.1. The SMILES string of the molecule is C/C(=C\C1C(C(=O)OCc2ccc(F)c(Oc3ccccc3)c2)C1(C)C)c1ccc(Cl)cc1. The zero-order valence-corrected chi connectivity index (χ0v) is 19.6. The van der Waals surface area contributed by atoms with Gasteiger partial charge in [-0.15, -0.1) is 0 Å². The van der Waals surface area contributed by atoms with Crippen molar-refractivity contribution in [1.29, 1.82) is 0 Å². The van der Waals surface area contributed by atoms with Crippen molar-refractivity contribution in [2.24, 2.45) is 17.3 Å². The number of carbonyl (C=O) groups is 1. The molecule has 5 heteroatoms. The van der Waals surface area contributed by atoms with Crippen LogP contribution in [0.3, 0.4) is 0 Å². The molecule has 1 aliphatic carbocycles. The third kappa shape index (κ3) is 5.28. The number of hydrogen-bond acceptors (Lipinski definition) is 3. The average Bonchev–Trinajstić information content (AvgIpc) is 3.34. The van der Waals surface area contributed by atoms with Gasteiger partial charge in [0.05, 0.1) is 5.92 Å². The minimum atomic E-state index is -0.472. The first kappa shape index (κ1) is 23.1. The standard InChI is InChI=1S/C28H26ClFO3/c1-18(20-10-12-21(29)13-11-20)15-23-26(28(23,2)3)27(31)32-17-19-9-14-24(30)25(16-19)33-22-7-5-4-6-8-22/h4-16,23,26H,17H2,1-3H3/b18-15+. The number of carbonyl (C=O) groups excluding carboxylic acids is 1. The second-order valence-electron chi connectivity index (χ2n) is 8.97. The van der Waals surface area contributed by atoms with Crippen molar-refractivity contribution in [3.63, 3.8) is 0 Å². The zero-order chi connectivity index (χ0) is 23.6. The van der Waals surface area contributed by atoms with Gasteiger partial charge in [-0.2, -0.15) is 0 Å². The molecule has 0 radical (unpaired) electrons. The Balaban J connectivity index is 1.40. The molecule has 0 N–H and O–H groups in total. The third-order valence-electron chi connectivity index (χ3n) is 6.24. The Hall–Kier alpha value is -3.11. The number of ether oxygens (including phenoxy) is 2. The number of hydrogen-bond donors (Lipinski definition) is 0. The molecule has 0 bridgehead atoms. The molecule has 1 aliphatic rings. The van der Waals surface area contributed by atoms with E-state index in [9.17, 15) is 9.18 Å². The lowest BCUT2D eigenvalue weighted by atomic mass is 10.0. The van der Waals surface area contributed by atoms with Crippen molar-refractivity contribution < 1.29 is 18.7 Å². The molecule has 1 fully saturated rings. The number of esters is 1. The molecule has 3 aromatic carbocycles. The van der Waals surface area contributed by atoms with E-state index in [0.717, 1.165) is 11.1 Å². The minimum Gasteiger partial charge on any atom is -0.461 e. The van der Waals surface area contributed by atoms with Crippen LogP contribution in [0, 0.1) is 23.1 Å². The minimum absolute atomic E-state index is 0.0590. The van der Waals surface area contributed by atoms with Gasteiger partial charge < -0.3 is 9.47 Å². The highest BCUT2D eigenvalue weighted by molar-refractivity contribution is 6.30. The fourth-order valence-corrected chi connectivity index (χ4v) is 4.22. The number of allylic oxidation sites excluding steroid dienone is 2. The maximum atomic E-state index is 14.2. The number of para-hydroxylation sites is 1. The van der Waals surface area contributed by atoms with Crippen LogP contribution in [0.15, 0.2) is 78.9 Å². The maximum absolute atomic E-state index is 14.2. The van der Waals surface area contributed by atoms with Crippen LogP contribution in [0.1, 0.15) is 31.9 Å². The molecule has 0 saturated heterocycles. The Morgan fingerprint density at radius 2 is 1.76 bits per heavy atom. The van der Waals surface area contributed by atoms with Gasteiger partial charge in [0.2, 0.25) is 0 Å². The van der Waals surface area contributed by atoms with E-state index in [1.807, 2.05) is 49.4 Å². The summed E-state index contributed by atoms with van der Waals surface area (Å²) in [5.41, 5.74) is 2.65. The molecule has 0 amide bonds. The monoisotopic (exact) mass is 464 g/mol. The van der Waals surface area contributed by atoms with E-state index in [-0.39, 0.29) is 35.6 Å². The van der Waals surface area contributed by atoms with Gasteiger partial charge in [-0.05, 0) is 71.4 Å². The number of benzene rings is 3. The summed E-state index contributed by atoms with van der Waals surface area (Å²) < 4.78 is 25.4. The number of rotatable bonds is 7. The predicted molar refractivity (Wildman–Crippen MR) is 129 cm³/mol. The first-order valence-electron chi connectivity index (χ1n) is 10.9. The first-order valence-corrected chi connectivity index (χ1v) is 11.3. The average molecular weight is 465 g/mol. The second kappa shape index (κ2) is 9.40. The second-order valence-corrected chi connectivity index (χ2v) is 9.41. The third-order valence-corrected chi connectivity index (χ3v) is 6.49. The molecule has 1 saturated carbocycles. The fraction of sp³-hybridized carbons (Fsp3) is 0.250. The van der Waals surface area contributed by atoms with Crippen LogP contribution >= 0.6 is 11.6 Å². The van der Waals surface area contributed by atoms with E-state index in [1.165, 1.54) is 6.07 Å². The molecule has 0 spiro atoms. The Bertz CT molecular complexity index is 1170. The highest BCUT2D eigenvalue weighted by atomic mass is 35.5. The molecule has 3 aromatic rings. The van der Waals surface area contributed by atoms with Gasteiger partial charge in [0.25, 0.3) is 0 Å². The summed E-state index contributed by atoms with van der Waals surface area (Å²) in [6.07, 6.45) is 2.14. The number of halogens is 2. The van der Waals surface area contributed by atoms with E-state index in [0.29, 0.717) is 16.3 Å². The Morgan fingerprint density at radius 1 is 1.06 bits per heavy atom. The van der Waals surface area contributed by atoms with Crippen LogP contribution in [0.5, 0.6) is 11.5 Å². The summed E-state index contributed by atoms with van der Waals surface area (Å²) in [4.78, 5) is 12.8. The van der Waals surface area contributed by atoms with Gasteiger partial charge in [0.1, 0.15) is 12.4 Å². The predicted octanol–water partition coefficient (Wildman–Crippen LogP) is 7.69. The van der Waals surface area contributed by atoms with Gasteiger partial charge in [0, 0.05) is 5.02 Å². The summed E-state index contributed by atoms with van der Waals surface area (Å²) in [6.45, 7) is 6.23. The summed E-state index contributed by atoms with van der Waals surface area (Å²) in [7, 11) is 0. The Kier molecular flexibility index (Phi) is 6.57. The molecule has 2 unspecified atom stereocenters. The lowest BCUT2D eigenvalue weighted by Gasteiger charge is -2.10. The van der Waals surface area contributed by atoms with Crippen LogP contribution in [-0.2, 0) is 16.1 Å². The van der Waals surface area contributed by atoms with Crippen molar-refractivity contribution in [3.8, 4) is 11.5 Å².